The zero-order valence-electron chi connectivity index (χ0n) is 9.53. The van der Waals surface area contributed by atoms with Crippen molar-refractivity contribution in [3.8, 4) is 0 Å². The molecule has 1 heterocycles. The minimum atomic E-state index is 0.934. The fourth-order valence-electron chi connectivity index (χ4n) is 1.78. The van der Waals surface area contributed by atoms with Crippen molar-refractivity contribution in [3.63, 3.8) is 0 Å². The Kier molecular flexibility index (Phi) is 3.21. The first-order valence-electron chi connectivity index (χ1n) is 5.59. The number of hydrogen-bond acceptors (Lipinski definition) is 3. The predicted octanol–water partition coefficient (Wildman–Crippen LogP) is 1.97. The van der Waals surface area contributed by atoms with Gasteiger partial charge in [-0.25, -0.2) is 4.98 Å². The molecule has 3 heteroatoms. The molecular weight excluding hydrogens is 186 g/mol. The average molecular weight is 205 g/mol. The Labute approximate surface area is 91.5 Å². The van der Waals surface area contributed by atoms with E-state index in [1.165, 1.54) is 24.9 Å². The van der Waals surface area contributed by atoms with Crippen molar-refractivity contribution >= 4 is 5.82 Å². The van der Waals surface area contributed by atoms with Gasteiger partial charge in [-0.3, -0.25) is 0 Å². The van der Waals surface area contributed by atoms with Crippen LogP contribution in [0.25, 0.3) is 0 Å². The third kappa shape index (κ3) is 3.20. The quantitative estimate of drug-likeness (QED) is 0.796. The zero-order chi connectivity index (χ0) is 10.7. The summed E-state index contributed by atoms with van der Waals surface area (Å²) in [6, 6.07) is 4.17. The van der Waals surface area contributed by atoms with Crippen LogP contribution in [0.2, 0.25) is 0 Å². The molecule has 0 aliphatic heterocycles. The minimum Gasteiger partial charge on any atom is -0.373 e. The first kappa shape index (κ1) is 10.4. The SMILES string of the molecule is CNc1ccc(CN(C)CC2CC2)cn1. The second-order valence-corrected chi connectivity index (χ2v) is 4.44. The van der Waals surface area contributed by atoms with Crippen molar-refractivity contribution in [2.75, 3.05) is 26.0 Å². The van der Waals surface area contributed by atoms with E-state index in [-0.39, 0.29) is 0 Å². The Morgan fingerprint density at radius 1 is 1.47 bits per heavy atom. The lowest BCUT2D eigenvalue weighted by Crippen LogP contribution is -2.20. The molecule has 2 rings (SSSR count). The molecule has 3 nitrogen and oxygen atoms in total. The fourth-order valence-corrected chi connectivity index (χ4v) is 1.78. The predicted molar refractivity (Wildman–Crippen MR) is 62.8 cm³/mol. The summed E-state index contributed by atoms with van der Waals surface area (Å²) in [5.74, 6) is 1.89. The van der Waals surface area contributed by atoms with Gasteiger partial charge in [0.05, 0.1) is 0 Å². The summed E-state index contributed by atoms with van der Waals surface area (Å²) in [5, 5.41) is 3.02. The number of aromatic nitrogens is 1. The van der Waals surface area contributed by atoms with E-state index in [1.807, 2.05) is 19.3 Å². The lowest BCUT2D eigenvalue weighted by Gasteiger charge is -2.15. The Hall–Kier alpha value is -1.09. The third-order valence-electron chi connectivity index (χ3n) is 2.80. The molecule has 1 saturated carbocycles. The maximum Gasteiger partial charge on any atom is 0.125 e. The van der Waals surface area contributed by atoms with Gasteiger partial charge >= 0.3 is 0 Å². The maximum absolute atomic E-state index is 4.31. The normalized spacial score (nSPS) is 15.7. The lowest BCUT2D eigenvalue weighted by atomic mass is 10.2. The second-order valence-electron chi connectivity index (χ2n) is 4.44. The van der Waals surface area contributed by atoms with Crippen molar-refractivity contribution in [3.05, 3.63) is 23.9 Å². The topological polar surface area (TPSA) is 28.2 Å². The van der Waals surface area contributed by atoms with E-state index >= 15 is 0 Å². The van der Waals surface area contributed by atoms with E-state index in [0.717, 1.165) is 18.3 Å². The average Bonchev–Trinajstić information content (AvgIpc) is 3.03. The van der Waals surface area contributed by atoms with Gasteiger partial charge in [0.1, 0.15) is 5.82 Å². The summed E-state index contributed by atoms with van der Waals surface area (Å²) in [6.07, 6.45) is 4.79. The smallest absolute Gasteiger partial charge is 0.125 e. The van der Waals surface area contributed by atoms with Gasteiger partial charge in [-0.2, -0.15) is 0 Å². The van der Waals surface area contributed by atoms with Crippen LogP contribution in [0.4, 0.5) is 5.82 Å². The van der Waals surface area contributed by atoms with Crippen LogP contribution < -0.4 is 5.32 Å². The molecule has 0 amide bonds. The van der Waals surface area contributed by atoms with E-state index in [1.54, 1.807) is 0 Å². The number of nitrogens with one attached hydrogen (secondary N) is 1. The molecule has 0 atom stereocenters. The van der Waals surface area contributed by atoms with E-state index in [2.05, 4.69) is 28.3 Å². The van der Waals surface area contributed by atoms with Crippen LogP contribution in [-0.2, 0) is 6.54 Å². The summed E-state index contributed by atoms with van der Waals surface area (Å²) in [5.41, 5.74) is 1.29. The maximum atomic E-state index is 4.31. The van der Waals surface area contributed by atoms with Gasteiger partial charge < -0.3 is 10.2 Å². The van der Waals surface area contributed by atoms with Crippen molar-refractivity contribution in [2.45, 2.75) is 19.4 Å². The summed E-state index contributed by atoms with van der Waals surface area (Å²) < 4.78 is 0. The van der Waals surface area contributed by atoms with Gasteiger partial charge in [0.15, 0.2) is 0 Å². The molecule has 1 aromatic heterocycles. The number of anilines is 1. The summed E-state index contributed by atoms with van der Waals surface area (Å²) >= 11 is 0. The van der Waals surface area contributed by atoms with E-state index in [9.17, 15) is 0 Å². The van der Waals surface area contributed by atoms with Gasteiger partial charge in [0.2, 0.25) is 0 Å². The minimum absolute atomic E-state index is 0.934. The van der Waals surface area contributed by atoms with Crippen LogP contribution in [0.3, 0.4) is 0 Å². The largest absolute Gasteiger partial charge is 0.373 e. The molecule has 1 fully saturated rings. The Morgan fingerprint density at radius 3 is 2.80 bits per heavy atom. The molecule has 1 aliphatic carbocycles. The Balaban J connectivity index is 1.85. The van der Waals surface area contributed by atoms with Crippen LogP contribution in [0, 0.1) is 5.92 Å². The van der Waals surface area contributed by atoms with Gasteiger partial charge in [-0.15, -0.1) is 0 Å². The highest BCUT2D eigenvalue weighted by molar-refractivity contribution is 5.34. The van der Waals surface area contributed by atoms with Crippen molar-refractivity contribution in [2.24, 2.45) is 5.92 Å². The number of pyridine rings is 1. The highest BCUT2D eigenvalue weighted by Gasteiger charge is 2.22. The Bertz CT molecular complexity index is 303. The Morgan fingerprint density at radius 2 is 2.27 bits per heavy atom. The first-order chi connectivity index (χ1) is 7.28. The highest BCUT2D eigenvalue weighted by Crippen LogP contribution is 2.29. The molecule has 1 aliphatic rings. The molecule has 0 bridgehead atoms. The second kappa shape index (κ2) is 4.62. The van der Waals surface area contributed by atoms with Crippen LogP contribution in [-0.4, -0.2) is 30.5 Å². The van der Waals surface area contributed by atoms with Crippen LogP contribution >= 0.6 is 0 Å². The molecule has 1 N–H and O–H groups in total. The van der Waals surface area contributed by atoms with Gasteiger partial charge in [0.25, 0.3) is 0 Å². The van der Waals surface area contributed by atoms with E-state index in [0.29, 0.717) is 0 Å². The molecule has 0 spiro atoms. The molecule has 0 aromatic carbocycles. The standard InChI is InChI=1S/C12H19N3/c1-13-12-6-5-11(7-14-12)9-15(2)8-10-3-4-10/h5-7,10H,3-4,8-9H2,1-2H3,(H,13,14). The molecule has 0 saturated heterocycles. The fraction of sp³-hybridized carbons (Fsp3) is 0.583. The van der Waals surface area contributed by atoms with Gasteiger partial charge in [-0.05, 0) is 37.4 Å². The summed E-state index contributed by atoms with van der Waals surface area (Å²) in [7, 11) is 4.07. The molecule has 1 aromatic rings. The number of hydrogen-bond donors (Lipinski definition) is 1. The number of nitrogens with zero attached hydrogens (tertiary/aromatic N) is 2. The third-order valence-corrected chi connectivity index (χ3v) is 2.80. The molecule has 82 valence electrons. The highest BCUT2D eigenvalue weighted by atomic mass is 15.1. The first-order valence-corrected chi connectivity index (χ1v) is 5.59. The zero-order valence-corrected chi connectivity index (χ0v) is 9.53. The van der Waals surface area contributed by atoms with Crippen molar-refractivity contribution < 1.29 is 0 Å². The van der Waals surface area contributed by atoms with E-state index < -0.39 is 0 Å². The molecule has 0 radical (unpaired) electrons. The monoisotopic (exact) mass is 205 g/mol. The number of rotatable bonds is 5. The summed E-state index contributed by atoms with van der Waals surface area (Å²) in [4.78, 5) is 6.69. The van der Waals surface area contributed by atoms with Gasteiger partial charge in [0, 0.05) is 26.3 Å². The van der Waals surface area contributed by atoms with Gasteiger partial charge in [-0.1, -0.05) is 6.07 Å². The lowest BCUT2D eigenvalue weighted by molar-refractivity contribution is 0.313. The van der Waals surface area contributed by atoms with Crippen LogP contribution in [0.15, 0.2) is 18.3 Å². The summed E-state index contributed by atoms with van der Waals surface area (Å²) in [6.45, 7) is 2.24. The van der Waals surface area contributed by atoms with Crippen LogP contribution in [0.1, 0.15) is 18.4 Å². The van der Waals surface area contributed by atoms with Crippen molar-refractivity contribution in [1.29, 1.82) is 0 Å². The molecule has 0 unspecified atom stereocenters. The van der Waals surface area contributed by atoms with Crippen molar-refractivity contribution in [1.82, 2.24) is 9.88 Å². The molecular formula is C12H19N3. The molecule has 15 heavy (non-hydrogen) atoms. The van der Waals surface area contributed by atoms with E-state index in [4.69, 9.17) is 0 Å². The van der Waals surface area contributed by atoms with Crippen LogP contribution in [0.5, 0.6) is 0 Å².